The Kier molecular flexibility index (Phi) is 1.07. The number of rotatable bonds is 0. The van der Waals surface area contributed by atoms with Gasteiger partial charge in [0, 0.05) is 12.3 Å². The molecule has 2 heterocycles. The van der Waals surface area contributed by atoms with Gasteiger partial charge in [0.1, 0.15) is 5.03 Å². The van der Waals surface area contributed by atoms with Crippen LogP contribution in [0.2, 0.25) is 0 Å². The van der Waals surface area contributed by atoms with E-state index < -0.39 is 0 Å². The minimum Gasteiger partial charge on any atom is -0.237 e. The van der Waals surface area contributed by atoms with Gasteiger partial charge in [0.15, 0.2) is 5.65 Å². The smallest absolute Gasteiger partial charge is 0.156 e. The van der Waals surface area contributed by atoms with Crippen molar-refractivity contribution in [2.45, 2.75) is 5.03 Å². The molecule has 2 aromatic heterocycles. The molecule has 49 valence electrons. The quantitative estimate of drug-likeness (QED) is 0.530. The number of nitrogens with zero attached hydrogens (tertiary/aromatic N) is 3. The highest BCUT2D eigenvalue weighted by molar-refractivity contribution is 7.80. The highest BCUT2D eigenvalue weighted by Gasteiger charge is 1.95. The average Bonchev–Trinajstić information content (AvgIpc) is 2.36. The molecule has 1 radical (unpaired) electrons. The lowest BCUT2D eigenvalue weighted by Gasteiger charge is -1.92. The van der Waals surface area contributed by atoms with Crippen LogP contribution in [0.15, 0.2) is 29.6 Å². The van der Waals surface area contributed by atoms with Crippen molar-refractivity contribution in [2.75, 3.05) is 0 Å². The van der Waals surface area contributed by atoms with Crippen LogP contribution in [0.3, 0.4) is 0 Å². The highest BCUT2D eigenvalue weighted by atomic mass is 32.1. The van der Waals surface area contributed by atoms with Crippen LogP contribution in [0.4, 0.5) is 0 Å². The molecule has 0 saturated carbocycles. The number of hydrogen-bond donors (Lipinski definition) is 0. The van der Waals surface area contributed by atoms with Gasteiger partial charge in [0.2, 0.25) is 0 Å². The molecular formula is C6H4N3S. The first-order chi connectivity index (χ1) is 4.88. The number of aromatic nitrogens is 3. The van der Waals surface area contributed by atoms with Crippen LogP contribution >= 0.6 is 12.6 Å². The van der Waals surface area contributed by atoms with Gasteiger partial charge in [-0.2, -0.15) is 5.10 Å². The third-order valence-electron chi connectivity index (χ3n) is 1.26. The maximum atomic E-state index is 4.97. The molecular weight excluding hydrogens is 146 g/mol. The summed E-state index contributed by atoms with van der Waals surface area (Å²) in [6.45, 7) is 0. The molecule has 0 N–H and O–H groups in total. The van der Waals surface area contributed by atoms with Crippen LogP contribution in [0.1, 0.15) is 0 Å². The fourth-order valence-corrected chi connectivity index (χ4v) is 1.01. The first-order valence-electron chi connectivity index (χ1n) is 2.84. The Balaban J connectivity index is 2.95. The predicted molar refractivity (Wildman–Crippen MR) is 38.8 cm³/mol. The second kappa shape index (κ2) is 1.91. The summed E-state index contributed by atoms with van der Waals surface area (Å²) in [5.74, 6) is 0. The SMILES string of the molecule is [S]c1ccnc2ccnn12. The molecule has 0 atom stereocenters. The summed E-state index contributed by atoms with van der Waals surface area (Å²) in [5, 5.41) is 4.66. The fraction of sp³-hybridized carbons (Fsp3) is 0. The zero-order valence-corrected chi connectivity index (χ0v) is 5.88. The van der Waals surface area contributed by atoms with E-state index >= 15 is 0 Å². The first-order valence-corrected chi connectivity index (χ1v) is 3.24. The van der Waals surface area contributed by atoms with Crippen molar-refractivity contribution in [1.82, 2.24) is 14.6 Å². The van der Waals surface area contributed by atoms with E-state index in [4.69, 9.17) is 12.6 Å². The summed E-state index contributed by atoms with van der Waals surface area (Å²) in [6, 6.07) is 3.56. The third kappa shape index (κ3) is 0.657. The summed E-state index contributed by atoms with van der Waals surface area (Å²) in [7, 11) is 0. The van der Waals surface area contributed by atoms with Crippen LogP contribution in [0.5, 0.6) is 0 Å². The average molecular weight is 150 g/mol. The second-order valence-electron chi connectivity index (χ2n) is 1.88. The minimum absolute atomic E-state index is 0.690. The molecule has 0 saturated heterocycles. The van der Waals surface area contributed by atoms with Gasteiger partial charge in [-0.3, -0.25) is 0 Å². The highest BCUT2D eigenvalue weighted by Crippen LogP contribution is 2.05. The van der Waals surface area contributed by atoms with Crippen LogP contribution in [-0.2, 0) is 0 Å². The van der Waals surface area contributed by atoms with Crippen molar-refractivity contribution in [1.29, 1.82) is 0 Å². The van der Waals surface area contributed by atoms with E-state index in [1.807, 2.05) is 6.07 Å². The zero-order chi connectivity index (χ0) is 6.97. The van der Waals surface area contributed by atoms with E-state index in [0.717, 1.165) is 5.65 Å². The molecule has 10 heavy (non-hydrogen) atoms. The van der Waals surface area contributed by atoms with E-state index in [-0.39, 0.29) is 0 Å². The number of hydrogen-bond acceptors (Lipinski definition) is 2. The van der Waals surface area contributed by atoms with Crippen LogP contribution in [-0.4, -0.2) is 14.6 Å². The number of fused-ring (bicyclic) bond motifs is 1. The van der Waals surface area contributed by atoms with Crippen LogP contribution < -0.4 is 0 Å². The van der Waals surface area contributed by atoms with E-state index in [1.54, 1.807) is 23.0 Å². The summed E-state index contributed by atoms with van der Waals surface area (Å²) in [4.78, 5) is 4.04. The Morgan fingerprint density at radius 1 is 1.30 bits per heavy atom. The normalized spacial score (nSPS) is 10.4. The summed E-state index contributed by atoms with van der Waals surface area (Å²) >= 11 is 4.97. The molecule has 0 amide bonds. The van der Waals surface area contributed by atoms with E-state index in [1.165, 1.54) is 0 Å². The van der Waals surface area contributed by atoms with Gasteiger partial charge in [-0.15, -0.1) is 0 Å². The largest absolute Gasteiger partial charge is 0.237 e. The third-order valence-corrected chi connectivity index (χ3v) is 1.56. The standard InChI is InChI=1S/C6H4N3S/c10-6-2-3-7-5-1-4-8-9(5)6/h1-4H. The molecule has 0 spiro atoms. The van der Waals surface area contributed by atoms with Crippen LogP contribution in [0, 0.1) is 0 Å². The molecule has 0 aliphatic carbocycles. The lowest BCUT2D eigenvalue weighted by molar-refractivity contribution is 0.846. The van der Waals surface area contributed by atoms with Gasteiger partial charge >= 0.3 is 0 Å². The molecule has 0 bridgehead atoms. The maximum absolute atomic E-state index is 4.97. The Morgan fingerprint density at radius 2 is 2.20 bits per heavy atom. The summed E-state index contributed by atoms with van der Waals surface area (Å²) < 4.78 is 1.62. The van der Waals surface area contributed by atoms with Gasteiger partial charge < -0.3 is 0 Å². The Morgan fingerprint density at radius 3 is 3.00 bits per heavy atom. The van der Waals surface area contributed by atoms with Gasteiger partial charge in [0.25, 0.3) is 0 Å². The Hall–Kier alpha value is -1.16. The van der Waals surface area contributed by atoms with E-state index in [2.05, 4.69) is 10.1 Å². The first kappa shape index (κ1) is 5.61. The van der Waals surface area contributed by atoms with E-state index in [9.17, 15) is 0 Å². The maximum Gasteiger partial charge on any atom is 0.156 e. The van der Waals surface area contributed by atoms with Gasteiger partial charge in [-0.05, 0) is 6.07 Å². The summed E-state index contributed by atoms with van der Waals surface area (Å²) in [5.41, 5.74) is 0.799. The van der Waals surface area contributed by atoms with Gasteiger partial charge in [-0.25, -0.2) is 9.50 Å². The monoisotopic (exact) mass is 150 g/mol. The van der Waals surface area contributed by atoms with Crippen LogP contribution in [0.25, 0.3) is 5.65 Å². The molecule has 0 aliphatic rings. The van der Waals surface area contributed by atoms with Crippen molar-refractivity contribution in [2.24, 2.45) is 0 Å². The Bertz CT molecular complexity index is 355. The van der Waals surface area contributed by atoms with Crippen molar-refractivity contribution >= 4 is 18.3 Å². The fourth-order valence-electron chi connectivity index (χ4n) is 0.812. The minimum atomic E-state index is 0.690. The molecule has 0 fully saturated rings. The van der Waals surface area contributed by atoms with Gasteiger partial charge in [-0.1, -0.05) is 12.6 Å². The molecule has 2 rings (SSSR count). The lowest BCUT2D eigenvalue weighted by atomic mass is 10.6. The molecule has 0 unspecified atom stereocenters. The molecule has 3 nitrogen and oxygen atoms in total. The topological polar surface area (TPSA) is 30.2 Å². The van der Waals surface area contributed by atoms with Gasteiger partial charge in [0.05, 0.1) is 6.20 Å². The van der Waals surface area contributed by atoms with Crippen molar-refractivity contribution < 1.29 is 0 Å². The molecule has 4 heteroatoms. The molecule has 0 aliphatic heterocycles. The second-order valence-corrected chi connectivity index (χ2v) is 2.30. The molecule has 2 aromatic rings. The van der Waals surface area contributed by atoms with Crippen molar-refractivity contribution in [3.8, 4) is 0 Å². The van der Waals surface area contributed by atoms with Crippen molar-refractivity contribution in [3.63, 3.8) is 0 Å². The zero-order valence-electron chi connectivity index (χ0n) is 5.06. The lowest BCUT2D eigenvalue weighted by Crippen LogP contribution is -1.90. The predicted octanol–water partition coefficient (Wildman–Crippen LogP) is 1.29. The summed E-state index contributed by atoms with van der Waals surface area (Å²) in [6.07, 6.45) is 3.36. The Labute approximate surface area is 63.1 Å². The van der Waals surface area contributed by atoms with Crippen molar-refractivity contribution in [3.05, 3.63) is 24.5 Å². The molecule has 0 aromatic carbocycles. The van der Waals surface area contributed by atoms with E-state index in [0.29, 0.717) is 5.03 Å².